The smallest absolute Gasteiger partial charge is 0.319 e. The second kappa shape index (κ2) is 10.1. The first-order chi connectivity index (χ1) is 17.6. The monoisotopic (exact) mass is 475 g/mol. The molecule has 178 valence electrons. The second-order valence-electron chi connectivity index (χ2n) is 8.27. The number of carbonyl (C=O) groups excluding carboxylic acids is 1. The minimum absolute atomic E-state index is 0.180. The molecule has 0 bridgehead atoms. The van der Waals surface area contributed by atoms with E-state index in [4.69, 9.17) is 10.8 Å². The summed E-state index contributed by atoms with van der Waals surface area (Å²) < 4.78 is 0. The van der Waals surface area contributed by atoms with Crippen LogP contribution in [-0.4, -0.2) is 29.2 Å². The molecular weight excluding hydrogens is 450 g/mol. The fourth-order valence-electron chi connectivity index (χ4n) is 4.05. The summed E-state index contributed by atoms with van der Waals surface area (Å²) in [6.07, 6.45) is 2.34. The first kappa shape index (κ1) is 22.8. The van der Waals surface area contributed by atoms with E-state index in [2.05, 4.69) is 20.9 Å². The molecule has 8 heteroatoms. The van der Waals surface area contributed by atoms with Crippen LogP contribution in [0.2, 0.25) is 0 Å². The molecule has 0 saturated heterocycles. The lowest BCUT2D eigenvalue weighted by molar-refractivity contribution is 0.252. The number of pyridine rings is 1. The molecule has 1 aromatic heterocycles. The number of rotatable bonds is 5. The first-order valence-electron chi connectivity index (χ1n) is 11.6. The van der Waals surface area contributed by atoms with E-state index in [0.29, 0.717) is 35.6 Å². The van der Waals surface area contributed by atoms with Gasteiger partial charge in [-0.1, -0.05) is 54.6 Å². The van der Waals surface area contributed by atoms with Crippen LogP contribution in [0.3, 0.4) is 0 Å². The highest BCUT2D eigenvalue weighted by Crippen LogP contribution is 2.34. The summed E-state index contributed by atoms with van der Waals surface area (Å²) in [6, 6.07) is 27.9. The molecule has 0 saturated carbocycles. The summed E-state index contributed by atoms with van der Waals surface area (Å²) in [4.78, 5) is 18.1. The molecule has 0 fully saturated rings. The van der Waals surface area contributed by atoms with E-state index in [0.717, 1.165) is 16.9 Å². The van der Waals surface area contributed by atoms with Crippen LogP contribution < -0.4 is 20.9 Å². The van der Waals surface area contributed by atoms with Gasteiger partial charge in [0.05, 0.1) is 11.4 Å². The Morgan fingerprint density at radius 1 is 0.917 bits per heavy atom. The molecule has 5 N–H and O–H groups in total. The van der Waals surface area contributed by atoms with Gasteiger partial charge >= 0.3 is 6.03 Å². The van der Waals surface area contributed by atoms with Gasteiger partial charge in [-0.3, -0.25) is 15.7 Å². The van der Waals surface area contributed by atoms with Crippen LogP contribution in [0.25, 0.3) is 0 Å². The fourth-order valence-corrected chi connectivity index (χ4v) is 4.05. The van der Waals surface area contributed by atoms with Gasteiger partial charge in [-0.25, -0.2) is 9.78 Å². The molecule has 1 aliphatic heterocycles. The van der Waals surface area contributed by atoms with Crippen LogP contribution in [0.5, 0.6) is 0 Å². The quantitative estimate of drug-likeness (QED) is 0.197. The Hall–Kier alpha value is -4.98. The Bertz CT molecular complexity index is 1420. The molecule has 36 heavy (non-hydrogen) atoms. The van der Waals surface area contributed by atoms with Gasteiger partial charge in [0, 0.05) is 29.6 Å². The third-order valence-electron chi connectivity index (χ3n) is 5.87. The van der Waals surface area contributed by atoms with Gasteiger partial charge in [-0.15, -0.1) is 0 Å². The maximum absolute atomic E-state index is 12.1. The van der Waals surface area contributed by atoms with Gasteiger partial charge in [-0.2, -0.15) is 0 Å². The lowest BCUT2D eigenvalue weighted by Gasteiger charge is -2.25. The maximum Gasteiger partial charge on any atom is 0.319 e. The van der Waals surface area contributed by atoms with Crippen LogP contribution in [-0.2, 0) is 6.42 Å². The van der Waals surface area contributed by atoms with Crippen molar-refractivity contribution in [2.45, 2.75) is 6.42 Å². The second-order valence-corrected chi connectivity index (χ2v) is 8.27. The number of para-hydroxylation sites is 2. The van der Waals surface area contributed by atoms with Crippen molar-refractivity contribution in [3.63, 3.8) is 0 Å². The van der Waals surface area contributed by atoms with Gasteiger partial charge in [0.1, 0.15) is 11.7 Å². The number of benzene rings is 3. The number of carbonyl (C=O) groups is 1. The molecule has 1 aliphatic rings. The highest BCUT2D eigenvalue weighted by molar-refractivity contribution is 6.30. The zero-order chi connectivity index (χ0) is 24.9. The zero-order valence-corrected chi connectivity index (χ0v) is 19.5. The summed E-state index contributed by atoms with van der Waals surface area (Å²) in [6.45, 7) is 0.480. The van der Waals surface area contributed by atoms with Gasteiger partial charge in [0.25, 0.3) is 0 Å². The van der Waals surface area contributed by atoms with Crippen LogP contribution in [0.15, 0.2) is 97.2 Å². The number of nitrogens with zero attached hydrogens (tertiary/aromatic N) is 2. The molecule has 0 unspecified atom stereocenters. The molecular formula is C28H25N7O. The van der Waals surface area contributed by atoms with Crippen LogP contribution in [0.1, 0.15) is 16.7 Å². The van der Waals surface area contributed by atoms with Crippen molar-refractivity contribution in [1.29, 1.82) is 10.8 Å². The lowest BCUT2D eigenvalue weighted by Crippen LogP contribution is -2.36. The number of aromatic nitrogens is 1. The largest absolute Gasteiger partial charge is 0.338 e. The SMILES string of the molecule is N=C(c1ccc(CCNC(=O)Nc2ccccc2)cc1)N1C(=N)c2ccccc2Nc2ncccc21. The zero-order valence-electron chi connectivity index (χ0n) is 19.5. The molecule has 2 heterocycles. The number of anilines is 4. The van der Waals surface area contributed by atoms with Gasteiger partial charge in [0.15, 0.2) is 5.82 Å². The fraction of sp³-hybridized carbons (Fsp3) is 0.0714. The summed E-state index contributed by atoms with van der Waals surface area (Å²) in [7, 11) is 0. The van der Waals surface area contributed by atoms with Crippen molar-refractivity contribution in [2.75, 3.05) is 22.1 Å². The van der Waals surface area contributed by atoms with Crippen molar-refractivity contribution in [2.24, 2.45) is 0 Å². The molecule has 8 nitrogen and oxygen atoms in total. The van der Waals surface area contributed by atoms with E-state index in [1.807, 2.05) is 84.9 Å². The van der Waals surface area contributed by atoms with Gasteiger partial charge < -0.3 is 16.0 Å². The number of amides is 2. The topological polar surface area (TPSA) is 117 Å². The van der Waals surface area contributed by atoms with Crippen molar-refractivity contribution in [1.82, 2.24) is 10.3 Å². The highest BCUT2D eigenvalue weighted by Gasteiger charge is 2.28. The van der Waals surface area contributed by atoms with E-state index in [1.165, 1.54) is 0 Å². The number of hydrogen-bond acceptors (Lipinski definition) is 5. The summed E-state index contributed by atoms with van der Waals surface area (Å²) in [5.41, 5.74) is 4.56. The predicted octanol–water partition coefficient (Wildman–Crippen LogP) is 5.36. The maximum atomic E-state index is 12.1. The standard InChI is InChI=1S/C28H25N7O/c29-25(35-24-11-6-17-31-27(24)34-23-10-5-4-9-22(23)26(35)30)20-14-12-19(13-15-20)16-18-32-28(36)33-21-7-2-1-3-8-21/h1-15,17,29-30H,16,18H2,(H,31,34)(H2,32,33,36). The molecule has 3 aromatic carbocycles. The van der Waals surface area contributed by atoms with E-state index < -0.39 is 0 Å². The highest BCUT2D eigenvalue weighted by atomic mass is 16.2. The van der Waals surface area contributed by atoms with Crippen molar-refractivity contribution >= 4 is 40.6 Å². The Morgan fingerprint density at radius 3 is 2.47 bits per heavy atom. The van der Waals surface area contributed by atoms with Crippen LogP contribution in [0, 0.1) is 10.8 Å². The molecule has 2 amide bonds. The molecule has 0 atom stereocenters. The summed E-state index contributed by atoms with van der Waals surface area (Å²) >= 11 is 0. The lowest BCUT2D eigenvalue weighted by atomic mass is 10.1. The van der Waals surface area contributed by atoms with Crippen molar-refractivity contribution in [3.8, 4) is 0 Å². The Kier molecular flexibility index (Phi) is 6.40. The Labute approximate surface area is 209 Å². The third kappa shape index (κ3) is 4.78. The normalized spacial score (nSPS) is 12.0. The molecule has 0 radical (unpaired) electrons. The number of amidine groups is 2. The van der Waals surface area contributed by atoms with E-state index in [1.54, 1.807) is 17.2 Å². The Balaban J connectivity index is 1.28. The van der Waals surface area contributed by atoms with Gasteiger partial charge in [0.2, 0.25) is 0 Å². The first-order valence-corrected chi connectivity index (χ1v) is 11.6. The number of hydrogen-bond donors (Lipinski definition) is 5. The minimum Gasteiger partial charge on any atom is -0.338 e. The summed E-state index contributed by atoms with van der Waals surface area (Å²) in [5, 5.41) is 26.8. The molecule has 0 aliphatic carbocycles. The Morgan fingerprint density at radius 2 is 1.67 bits per heavy atom. The van der Waals surface area contributed by atoms with Crippen molar-refractivity contribution < 1.29 is 4.79 Å². The molecule has 4 aromatic rings. The van der Waals surface area contributed by atoms with Crippen molar-refractivity contribution in [3.05, 3.63) is 114 Å². The number of fused-ring (bicyclic) bond motifs is 2. The third-order valence-corrected chi connectivity index (χ3v) is 5.87. The van der Waals surface area contributed by atoms with E-state index >= 15 is 0 Å². The molecule has 5 rings (SSSR count). The average Bonchev–Trinajstić information content (AvgIpc) is 3.03. The minimum atomic E-state index is -0.250. The van der Waals surface area contributed by atoms with E-state index in [9.17, 15) is 4.79 Å². The van der Waals surface area contributed by atoms with Crippen LogP contribution >= 0.6 is 0 Å². The van der Waals surface area contributed by atoms with Crippen LogP contribution in [0.4, 0.5) is 27.7 Å². The predicted molar refractivity (Wildman–Crippen MR) is 144 cm³/mol. The average molecular weight is 476 g/mol. The van der Waals surface area contributed by atoms with E-state index in [-0.39, 0.29) is 17.7 Å². The molecule has 0 spiro atoms. The number of urea groups is 1. The summed E-state index contributed by atoms with van der Waals surface area (Å²) in [5.74, 6) is 0.973. The number of nitrogens with one attached hydrogen (secondary N) is 5. The van der Waals surface area contributed by atoms with Gasteiger partial charge in [-0.05, 0) is 48.4 Å².